The smallest absolute Gasteiger partial charge is 0.408 e. The van der Waals surface area contributed by atoms with Crippen molar-refractivity contribution >= 4 is 17.9 Å². The highest BCUT2D eigenvalue weighted by Gasteiger charge is 2.13. The maximum atomic E-state index is 11.5. The zero-order chi connectivity index (χ0) is 18.1. The highest BCUT2D eigenvalue weighted by Crippen LogP contribution is 2.06. The number of nitrogen functional groups attached to an aromatic ring is 1. The monoisotopic (exact) mass is 340 g/mol. The number of methoxy groups -OCH3 is 1. The van der Waals surface area contributed by atoms with Crippen LogP contribution >= 0.6 is 0 Å². The molecule has 0 radical (unpaired) electrons. The molecule has 0 fully saturated rings. The van der Waals surface area contributed by atoms with Gasteiger partial charge in [-0.25, -0.2) is 19.6 Å². The number of benzene rings is 1. The third-order valence-electron chi connectivity index (χ3n) is 2.93. The van der Waals surface area contributed by atoms with Crippen molar-refractivity contribution < 1.29 is 19.1 Å². The van der Waals surface area contributed by atoms with Crippen molar-refractivity contribution in [1.82, 2.24) is 15.3 Å². The number of ether oxygens (including phenoxy) is 2. The van der Waals surface area contributed by atoms with Crippen LogP contribution in [-0.2, 0) is 16.1 Å². The number of aromatic nitrogens is 2. The first kappa shape index (κ1) is 17.7. The molecule has 0 aliphatic heterocycles. The number of alkyl carbamates (subject to hydrolysis) is 1. The maximum absolute atomic E-state index is 11.5. The Morgan fingerprint density at radius 2 is 2.04 bits per heavy atom. The van der Waals surface area contributed by atoms with Crippen LogP contribution in [0.2, 0.25) is 0 Å². The Bertz CT molecular complexity index is 812. The Kier molecular flexibility index (Phi) is 6.31. The van der Waals surface area contributed by atoms with Crippen molar-refractivity contribution in [3.8, 4) is 11.8 Å². The van der Waals surface area contributed by atoms with Crippen LogP contribution in [0.15, 0.2) is 36.5 Å². The van der Waals surface area contributed by atoms with E-state index in [1.54, 1.807) is 0 Å². The van der Waals surface area contributed by atoms with E-state index in [-0.39, 0.29) is 30.4 Å². The predicted molar refractivity (Wildman–Crippen MR) is 89.3 cm³/mol. The van der Waals surface area contributed by atoms with Crippen molar-refractivity contribution in [2.75, 3.05) is 19.4 Å². The van der Waals surface area contributed by atoms with Crippen molar-refractivity contribution in [2.24, 2.45) is 0 Å². The first-order chi connectivity index (χ1) is 12.1. The van der Waals surface area contributed by atoms with E-state index in [2.05, 4.69) is 31.9 Å². The van der Waals surface area contributed by atoms with Gasteiger partial charge in [0.25, 0.3) is 0 Å². The molecule has 0 bridgehead atoms. The fourth-order valence-electron chi connectivity index (χ4n) is 1.73. The predicted octanol–water partition coefficient (Wildman–Crippen LogP) is 1.12. The van der Waals surface area contributed by atoms with Crippen molar-refractivity contribution in [1.29, 1.82) is 0 Å². The van der Waals surface area contributed by atoms with Crippen molar-refractivity contribution in [3.63, 3.8) is 0 Å². The highest BCUT2D eigenvalue weighted by molar-refractivity contribution is 5.91. The fourth-order valence-corrected chi connectivity index (χ4v) is 1.73. The molecule has 1 amide bonds. The summed E-state index contributed by atoms with van der Waals surface area (Å²) in [5.74, 6) is 4.60. The summed E-state index contributed by atoms with van der Waals surface area (Å²) in [6.07, 6.45) is 0.736. The normalized spacial score (nSPS) is 9.48. The average molecular weight is 340 g/mol. The number of esters is 1. The second kappa shape index (κ2) is 8.88. The van der Waals surface area contributed by atoms with Crippen LogP contribution in [0, 0.1) is 11.8 Å². The molecule has 0 saturated carbocycles. The third kappa shape index (κ3) is 5.51. The Balaban J connectivity index is 1.84. The zero-order valence-corrected chi connectivity index (χ0v) is 13.5. The summed E-state index contributed by atoms with van der Waals surface area (Å²) < 4.78 is 9.59. The quantitative estimate of drug-likeness (QED) is 0.633. The van der Waals surface area contributed by atoms with E-state index in [0.29, 0.717) is 0 Å². The molecule has 0 saturated heterocycles. The van der Waals surface area contributed by atoms with E-state index < -0.39 is 12.1 Å². The van der Waals surface area contributed by atoms with Gasteiger partial charge in [-0.1, -0.05) is 36.3 Å². The van der Waals surface area contributed by atoms with Gasteiger partial charge in [-0.15, -0.1) is 0 Å². The number of hydrogen-bond donors (Lipinski definition) is 2. The van der Waals surface area contributed by atoms with Crippen LogP contribution < -0.4 is 11.1 Å². The topological polar surface area (TPSA) is 116 Å². The number of rotatable bonds is 4. The summed E-state index contributed by atoms with van der Waals surface area (Å²) in [6.45, 7) is 0.221. The zero-order valence-electron chi connectivity index (χ0n) is 13.5. The molecule has 8 nitrogen and oxygen atoms in total. The molecule has 2 rings (SSSR count). The van der Waals surface area contributed by atoms with Crippen LogP contribution in [0.4, 0.5) is 10.6 Å². The van der Waals surface area contributed by atoms with Crippen LogP contribution in [-0.4, -0.2) is 35.7 Å². The van der Waals surface area contributed by atoms with Crippen LogP contribution in [0.5, 0.6) is 0 Å². The molecule has 2 aromatic rings. The largest absolute Gasteiger partial charge is 0.464 e. The van der Waals surface area contributed by atoms with Crippen molar-refractivity contribution in [2.45, 2.75) is 6.61 Å². The first-order valence-electron chi connectivity index (χ1n) is 7.24. The lowest BCUT2D eigenvalue weighted by Gasteiger charge is -2.04. The number of anilines is 1. The highest BCUT2D eigenvalue weighted by atomic mass is 16.5. The molecule has 0 spiro atoms. The second-order valence-corrected chi connectivity index (χ2v) is 4.70. The molecule has 3 N–H and O–H groups in total. The summed E-state index contributed by atoms with van der Waals surface area (Å²) in [5, 5.41) is 2.48. The number of nitrogens with two attached hydrogens (primary N) is 1. The van der Waals surface area contributed by atoms with E-state index in [0.717, 1.165) is 5.56 Å². The molecule has 1 heterocycles. The number of carbonyl (C=O) groups is 2. The standard InChI is InChI=1S/C17H16N4O4/c1-24-16(22)14-15(18)20-10-13(21-14)8-5-9-19-17(23)25-11-12-6-3-2-4-7-12/h2-4,6-7,10H,9,11H2,1H3,(H2,18,20)(H,19,23). The van der Waals surface area contributed by atoms with E-state index in [1.165, 1.54) is 13.3 Å². The average Bonchev–Trinajstić information content (AvgIpc) is 2.65. The first-order valence-corrected chi connectivity index (χ1v) is 7.24. The summed E-state index contributed by atoms with van der Waals surface area (Å²) in [6, 6.07) is 9.30. The van der Waals surface area contributed by atoms with Crippen LogP contribution in [0.3, 0.4) is 0 Å². The van der Waals surface area contributed by atoms with Gasteiger partial charge in [0, 0.05) is 0 Å². The summed E-state index contributed by atoms with van der Waals surface area (Å²) in [7, 11) is 1.22. The molecule has 0 atom stereocenters. The lowest BCUT2D eigenvalue weighted by molar-refractivity contribution is 0.0594. The molecule has 128 valence electrons. The van der Waals surface area contributed by atoms with Crippen LogP contribution in [0.25, 0.3) is 0 Å². The molecule has 8 heteroatoms. The van der Waals surface area contributed by atoms with Gasteiger partial charge in [0.05, 0.1) is 19.9 Å². The molecule has 25 heavy (non-hydrogen) atoms. The Morgan fingerprint density at radius 1 is 1.28 bits per heavy atom. The number of hydrogen-bond acceptors (Lipinski definition) is 7. The van der Waals surface area contributed by atoms with Gasteiger partial charge in [0.2, 0.25) is 0 Å². The molecule has 1 aromatic carbocycles. The Hall–Kier alpha value is -3.60. The maximum Gasteiger partial charge on any atom is 0.408 e. The fraction of sp³-hybridized carbons (Fsp3) is 0.176. The molecule has 0 unspecified atom stereocenters. The summed E-state index contributed by atoms with van der Waals surface area (Å²) in [5.41, 5.74) is 6.55. The van der Waals surface area contributed by atoms with Gasteiger partial charge in [-0.3, -0.25) is 0 Å². The molecule has 1 aromatic heterocycles. The van der Waals surface area contributed by atoms with Gasteiger partial charge in [-0.2, -0.15) is 0 Å². The van der Waals surface area contributed by atoms with Crippen LogP contribution in [0.1, 0.15) is 21.7 Å². The van der Waals surface area contributed by atoms with Gasteiger partial charge in [0.15, 0.2) is 11.5 Å². The van der Waals surface area contributed by atoms with E-state index in [1.807, 2.05) is 30.3 Å². The SMILES string of the molecule is COC(=O)c1nc(C#CCNC(=O)OCc2ccccc2)cnc1N. The lowest BCUT2D eigenvalue weighted by Crippen LogP contribution is -2.24. The summed E-state index contributed by atoms with van der Waals surface area (Å²) in [4.78, 5) is 30.8. The number of nitrogens with one attached hydrogen (secondary N) is 1. The molecule has 0 aliphatic rings. The molecule has 0 aliphatic carbocycles. The van der Waals surface area contributed by atoms with Gasteiger partial charge in [0.1, 0.15) is 12.3 Å². The number of nitrogens with zero attached hydrogens (tertiary/aromatic N) is 2. The minimum absolute atomic E-state index is 0.0417. The Morgan fingerprint density at radius 3 is 2.76 bits per heavy atom. The molecular formula is C17H16N4O4. The Labute approximate surface area is 144 Å². The van der Waals surface area contributed by atoms with Gasteiger partial charge in [-0.05, 0) is 11.5 Å². The van der Waals surface area contributed by atoms with E-state index in [9.17, 15) is 9.59 Å². The van der Waals surface area contributed by atoms with Gasteiger partial charge < -0.3 is 20.5 Å². The van der Waals surface area contributed by atoms with Crippen molar-refractivity contribution in [3.05, 3.63) is 53.5 Å². The lowest BCUT2D eigenvalue weighted by atomic mass is 10.2. The second-order valence-electron chi connectivity index (χ2n) is 4.70. The van der Waals surface area contributed by atoms with E-state index in [4.69, 9.17) is 10.5 Å². The number of carbonyl (C=O) groups excluding carboxylic acids is 2. The number of amides is 1. The minimum atomic E-state index is -0.698. The molecular weight excluding hydrogens is 324 g/mol. The van der Waals surface area contributed by atoms with E-state index >= 15 is 0 Å². The summed E-state index contributed by atoms with van der Waals surface area (Å²) >= 11 is 0. The minimum Gasteiger partial charge on any atom is -0.464 e. The third-order valence-corrected chi connectivity index (χ3v) is 2.93. The van der Waals surface area contributed by atoms with Gasteiger partial charge >= 0.3 is 12.1 Å².